The number of anilines is 3. The number of piperazine rings is 1. The number of likely N-dealkylation sites (N-methyl/N-ethyl adjacent to an activating group) is 1. The van der Waals surface area contributed by atoms with Crippen molar-refractivity contribution < 1.29 is 9.59 Å². The molecule has 1 unspecified atom stereocenters. The number of amides is 2. The number of carbonyl (C=O) groups excluding carboxylic acids is 2. The van der Waals surface area contributed by atoms with Crippen LogP contribution in [0.3, 0.4) is 0 Å². The monoisotopic (exact) mass is 444 g/mol. The van der Waals surface area contributed by atoms with E-state index in [0.717, 1.165) is 49.0 Å². The number of carbonyl (C=O) groups is 2. The minimum Gasteiger partial charge on any atom is -0.367 e. The van der Waals surface area contributed by atoms with Gasteiger partial charge in [-0.1, -0.05) is 30.7 Å². The Morgan fingerprint density at radius 3 is 2.73 bits per heavy atom. The molecule has 2 aliphatic rings. The predicted molar refractivity (Wildman–Crippen MR) is 124 cm³/mol. The minimum absolute atomic E-state index is 0.108. The van der Waals surface area contributed by atoms with Crippen molar-refractivity contribution in [1.29, 1.82) is 0 Å². The van der Waals surface area contributed by atoms with E-state index in [-0.39, 0.29) is 18.2 Å². The highest BCUT2D eigenvalue weighted by atomic mass is 35.5. The van der Waals surface area contributed by atoms with Crippen LogP contribution in [-0.2, 0) is 9.59 Å². The summed E-state index contributed by atoms with van der Waals surface area (Å²) in [6.45, 7) is 7.13. The molecule has 2 N–H and O–H groups in total. The summed E-state index contributed by atoms with van der Waals surface area (Å²) >= 11 is 7.40. The van der Waals surface area contributed by atoms with Crippen molar-refractivity contribution in [3.8, 4) is 0 Å². The number of nitrogens with one attached hydrogen (secondary N) is 2. The van der Waals surface area contributed by atoms with Crippen molar-refractivity contribution in [2.75, 3.05) is 48.3 Å². The Labute approximate surface area is 185 Å². The van der Waals surface area contributed by atoms with Crippen molar-refractivity contribution in [1.82, 2.24) is 4.90 Å². The molecule has 0 radical (unpaired) electrons. The fourth-order valence-electron chi connectivity index (χ4n) is 3.79. The molecule has 6 nitrogen and oxygen atoms in total. The van der Waals surface area contributed by atoms with E-state index in [2.05, 4.69) is 27.4 Å². The van der Waals surface area contributed by atoms with Crippen molar-refractivity contribution in [3.63, 3.8) is 0 Å². The normalized spacial score (nSPS) is 19.2. The molecule has 0 aliphatic carbocycles. The van der Waals surface area contributed by atoms with Gasteiger partial charge >= 0.3 is 0 Å². The van der Waals surface area contributed by atoms with E-state index in [4.69, 9.17) is 11.6 Å². The van der Waals surface area contributed by atoms with Crippen molar-refractivity contribution >= 4 is 52.2 Å². The van der Waals surface area contributed by atoms with Crippen LogP contribution in [0.15, 0.2) is 47.4 Å². The molecule has 0 bridgehead atoms. The lowest BCUT2D eigenvalue weighted by atomic mass is 10.2. The first kappa shape index (κ1) is 21.0. The molecule has 2 aliphatic heterocycles. The van der Waals surface area contributed by atoms with Crippen LogP contribution in [0.5, 0.6) is 0 Å². The summed E-state index contributed by atoms with van der Waals surface area (Å²) in [4.78, 5) is 30.9. The lowest BCUT2D eigenvalue weighted by Crippen LogP contribution is -2.46. The number of thioether (sulfide) groups is 1. The Kier molecular flexibility index (Phi) is 6.51. The Hall–Kier alpha value is -2.22. The fourth-order valence-corrected chi connectivity index (χ4v) is 5.05. The van der Waals surface area contributed by atoms with Crippen molar-refractivity contribution in [2.45, 2.75) is 23.5 Å². The van der Waals surface area contributed by atoms with Crippen LogP contribution in [0.2, 0.25) is 5.02 Å². The number of para-hydroxylation sites is 2. The van der Waals surface area contributed by atoms with Gasteiger partial charge in [0.2, 0.25) is 11.8 Å². The van der Waals surface area contributed by atoms with Crippen molar-refractivity contribution in [3.05, 3.63) is 47.5 Å². The number of nitrogens with zero attached hydrogens (tertiary/aromatic N) is 2. The molecule has 1 saturated heterocycles. The number of rotatable bonds is 5. The smallest absolute Gasteiger partial charge is 0.238 e. The molecule has 1 fully saturated rings. The number of benzene rings is 2. The summed E-state index contributed by atoms with van der Waals surface area (Å²) in [7, 11) is 0. The predicted octanol–water partition coefficient (Wildman–Crippen LogP) is 3.92. The molecule has 1 atom stereocenters. The summed E-state index contributed by atoms with van der Waals surface area (Å²) in [5.41, 5.74) is 2.52. The SMILES string of the molecule is CCN1CCN(c2ccccc2NC(=O)CC2Sc3ccc(Cl)cc3NC2=O)CC1. The van der Waals surface area contributed by atoms with Crippen LogP contribution in [0, 0.1) is 0 Å². The Balaban J connectivity index is 1.41. The maximum Gasteiger partial charge on any atom is 0.238 e. The van der Waals surface area contributed by atoms with E-state index in [1.165, 1.54) is 11.8 Å². The van der Waals surface area contributed by atoms with Gasteiger partial charge in [0.25, 0.3) is 0 Å². The summed E-state index contributed by atoms with van der Waals surface area (Å²) in [5.74, 6) is -0.339. The van der Waals surface area contributed by atoms with Gasteiger partial charge in [-0.25, -0.2) is 0 Å². The van der Waals surface area contributed by atoms with E-state index in [9.17, 15) is 9.59 Å². The highest BCUT2D eigenvalue weighted by Gasteiger charge is 2.29. The Morgan fingerprint density at radius 2 is 1.97 bits per heavy atom. The van der Waals surface area contributed by atoms with E-state index in [1.807, 2.05) is 30.3 Å². The van der Waals surface area contributed by atoms with Gasteiger partial charge in [-0.3, -0.25) is 9.59 Å². The molecule has 2 aromatic carbocycles. The number of halogens is 1. The number of hydrogen-bond acceptors (Lipinski definition) is 5. The zero-order chi connectivity index (χ0) is 21.1. The van der Waals surface area contributed by atoms with Gasteiger partial charge in [-0.05, 0) is 36.9 Å². The van der Waals surface area contributed by atoms with Crippen LogP contribution in [0.25, 0.3) is 0 Å². The summed E-state index contributed by atoms with van der Waals surface area (Å²) < 4.78 is 0. The molecule has 30 heavy (non-hydrogen) atoms. The second kappa shape index (κ2) is 9.29. The van der Waals surface area contributed by atoms with Crippen LogP contribution in [-0.4, -0.2) is 54.7 Å². The summed E-state index contributed by atoms with van der Waals surface area (Å²) in [6, 6.07) is 13.3. The highest BCUT2D eigenvalue weighted by Crippen LogP contribution is 2.38. The minimum atomic E-state index is -0.473. The Morgan fingerprint density at radius 1 is 1.20 bits per heavy atom. The molecule has 2 amide bonds. The largest absolute Gasteiger partial charge is 0.367 e. The lowest BCUT2D eigenvalue weighted by molar-refractivity contribution is -0.120. The lowest BCUT2D eigenvalue weighted by Gasteiger charge is -2.36. The van der Waals surface area contributed by atoms with Gasteiger partial charge in [0.1, 0.15) is 0 Å². The van der Waals surface area contributed by atoms with Gasteiger partial charge in [0.05, 0.1) is 22.3 Å². The third kappa shape index (κ3) is 4.74. The molecular weight excluding hydrogens is 420 g/mol. The van der Waals surface area contributed by atoms with Gasteiger partial charge in [0.15, 0.2) is 0 Å². The zero-order valence-corrected chi connectivity index (χ0v) is 18.4. The van der Waals surface area contributed by atoms with Crippen molar-refractivity contribution in [2.24, 2.45) is 0 Å². The van der Waals surface area contributed by atoms with Gasteiger partial charge in [-0.15, -0.1) is 11.8 Å². The number of hydrogen-bond donors (Lipinski definition) is 2. The molecule has 8 heteroatoms. The topological polar surface area (TPSA) is 64.7 Å². The molecule has 2 aromatic rings. The van der Waals surface area contributed by atoms with Gasteiger partial charge in [0, 0.05) is 42.5 Å². The standard InChI is InChI=1S/C22H25ClN4O2S/c1-2-26-9-11-27(12-10-26)18-6-4-3-5-16(18)24-21(28)14-20-22(29)25-17-13-15(23)7-8-19(17)30-20/h3-8,13,20H,2,9-12,14H2,1H3,(H,24,28)(H,25,29). The van der Waals surface area contributed by atoms with E-state index < -0.39 is 5.25 Å². The maximum absolute atomic E-state index is 12.8. The average molecular weight is 445 g/mol. The van der Waals surface area contributed by atoms with E-state index in [1.54, 1.807) is 12.1 Å². The third-order valence-corrected chi connectivity index (χ3v) is 6.98. The molecule has 0 aromatic heterocycles. The van der Waals surface area contributed by atoms with E-state index in [0.29, 0.717) is 10.7 Å². The van der Waals surface area contributed by atoms with Crippen LogP contribution in [0.1, 0.15) is 13.3 Å². The second-order valence-corrected chi connectivity index (χ2v) is 9.11. The third-order valence-electron chi connectivity index (χ3n) is 5.47. The van der Waals surface area contributed by atoms with Crippen LogP contribution < -0.4 is 15.5 Å². The number of fused-ring (bicyclic) bond motifs is 1. The van der Waals surface area contributed by atoms with Crippen LogP contribution >= 0.6 is 23.4 Å². The maximum atomic E-state index is 12.8. The second-order valence-electron chi connectivity index (χ2n) is 7.43. The average Bonchev–Trinajstić information content (AvgIpc) is 2.75. The van der Waals surface area contributed by atoms with Crippen LogP contribution in [0.4, 0.5) is 17.1 Å². The summed E-state index contributed by atoms with van der Waals surface area (Å²) in [6.07, 6.45) is 0.108. The van der Waals surface area contributed by atoms with Gasteiger partial charge in [-0.2, -0.15) is 0 Å². The first-order valence-electron chi connectivity index (χ1n) is 10.2. The molecular formula is C22H25ClN4O2S. The quantitative estimate of drug-likeness (QED) is 0.731. The fraction of sp³-hybridized carbons (Fsp3) is 0.364. The molecule has 4 rings (SSSR count). The Bertz CT molecular complexity index is 946. The molecule has 158 valence electrons. The molecule has 2 heterocycles. The molecule has 0 saturated carbocycles. The highest BCUT2D eigenvalue weighted by molar-refractivity contribution is 8.01. The zero-order valence-electron chi connectivity index (χ0n) is 16.9. The summed E-state index contributed by atoms with van der Waals surface area (Å²) in [5, 5.41) is 5.98. The van der Waals surface area contributed by atoms with Gasteiger partial charge < -0.3 is 20.4 Å². The van der Waals surface area contributed by atoms with E-state index >= 15 is 0 Å². The molecule has 0 spiro atoms. The first-order valence-corrected chi connectivity index (χ1v) is 11.4. The first-order chi connectivity index (χ1) is 14.5.